The van der Waals surface area contributed by atoms with Crippen molar-refractivity contribution in [2.45, 2.75) is 6.92 Å². The highest BCUT2D eigenvalue weighted by atomic mass is 35.5. The summed E-state index contributed by atoms with van der Waals surface area (Å²) < 4.78 is 10.6. The van der Waals surface area contributed by atoms with Crippen LogP contribution in [0.5, 0.6) is 11.5 Å². The molecule has 1 aromatic heterocycles. The normalized spacial score (nSPS) is 12.7. The molecule has 1 aromatic carbocycles. The van der Waals surface area contributed by atoms with Gasteiger partial charge in [-0.3, -0.25) is 5.10 Å². The van der Waals surface area contributed by atoms with E-state index in [-0.39, 0.29) is 12.5 Å². The molecule has 7 heteroatoms. The number of benzene rings is 1. The Labute approximate surface area is 112 Å². The van der Waals surface area contributed by atoms with Gasteiger partial charge >= 0.3 is 5.97 Å². The number of nitrogens with zero attached hydrogens (tertiary/aromatic N) is 1. The molecule has 6 nitrogen and oxygen atoms in total. The van der Waals surface area contributed by atoms with Gasteiger partial charge in [-0.1, -0.05) is 11.6 Å². The van der Waals surface area contributed by atoms with E-state index in [1.807, 2.05) is 6.92 Å². The minimum Gasteiger partial charge on any atom is -0.477 e. The smallest absolute Gasteiger partial charge is 0.353 e. The van der Waals surface area contributed by atoms with Gasteiger partial charge in [0, 0.05) is 11.1 Å². The fourth-order valence-electron chi connectivity index (χ4n) is 1.94. The van der Waals surface area contributed by atoms with Crippen molar-refractivity contribution >= 4 is 17.6 Å². The molecule has 1 aliphatic rings. The minimum absolute atomic E-state index is 0.00128. The Balaban J connectivity index is 2.14. The van der Waals surface area contributed by atoms with Crippen LogP contribution in [0.3, 0.4) is 0 Å². The minimum atomic E-state index is -1.08. The first-order chi connectivity index (χ1) is 9.08. The summed E-state index contributed by atoms with van der Waals surface area (Å²) in [6, 6.07) is 3.12. The summed E-state index contributed by atoms with van der Waals surface area (Å²) in [5.74, 6) is 0.117. The molecule has 0 bridgehead atoms. The summed E-state index contributed by atoms with van der Waals surface area (Å²) in [5, 5.41) is 15.7. The molecule has 0 radical (unpaired) electrons. The molecule has 0 spiro atoms. The highest BCUT2D eigenvalue weighted by Crippen LogP contribution is 2.44. The van der Waals surface area contributed by atoms with Gasteiger partial charge in [0.05, 0.1) is 10.7 Å². The van der Waals surface area contributed by atoms with E-state index in [0.29, 0.717) is 27.8 Å². The van der Waals surface area contributed by atoms with Crippen LogP contribution in [-0.2, 0) is 0 Å². The van der Waals surface area contributed by atoms with Crippen LogP contribution in [0.1, 0.15) is 16.1 Å². The van der Waals surface area contributed by atoms with Gasteiger partial charge < -0.3 is 14.6 Å². The van der Waals surface area contributed by atoms with Crippen LogP contribution in [-0.4, -0.2) is 28.1 Å². The van der Waals surface area contributed by atoms with Crippen molar-refractivity contribution in [2.75, 3.05) is 6.79 Å². The van der Waals surface area contributed by atoms with Gasteiger partial charge in [-0.25, -0.2) is 4.79 Å². The number of aromatic amines is 1. The molecule has 1 aliphatic heterocycles. The Morgan fingerprint density at radius 1 is 1.47 bits per heavy atom. The Hall–Kier alpha value is -2.21. The largest absolute Gasteiger partial charge is 0.477 e. The van der Waals surface area contributed by atoms with Crippen molar-refractivity contribution in [1.29, 1.82) is 0 Å². The molecule has 0 saturated heterocycles. The van der Waals surface area contributed by atoms with Crippen molar-refractivity contribution < 1.29 is 19.4 Å². The number of aromatic nitrogens is 2. The lowest BCUT2D eigenvalue weighted by atomic mass is 10.1. The van der Waals surface area contributed by atoms with E-state index < -0.39 is 5.97 Å². The van der Waals surface area contributed by atoms with Crippen LogP contribution in [0.2, 0.25) is 5.02 Å². The predicted octanol–water partition coefficient (Wildman–Crippen LogP) is 2.47. The Morgan fingerprint density at radius 2 is 2.26 bits per heavy atom. The van der Waals surface area contributed by atoms with E-state index in [9.17, 15) is 4.79 Å². The number of fused-ring (bicyclic) bond motifs is 1. The summed E-state index contributed by atoms with van der Waals surface area (Å²) in [6.07, 6.45) is 0. The zero-order chi connectivity index (χ0) is 13.6. The van der Waals surface area contributed by atoms with Crippen molar-refractivity contribution in [2.24, 2.45) is 0 Å². The lowest BCUT2D eigenvalue weighted by Crippen LogP contribution is -1.95. The second-order valence-corrected chi connectivity index (χ2v) is 4.45. The maximum absolute atomic E-state index is 10.8. The molecule has 3 rings (SSSR count). The van der Waals surface area contributed by atoms with Gasteiger partial charge in [-0.05, 0) is 19.1 Å². The molecule has 0 fully saturated rings. The van der Waals surface area contributed by atoms with Crippen LogP contribution in [0, 0.1) is 6.92 Å². The number of hydrogen-bond acceptors (Lipinski definition) is 4. The van der Waals surface area contributed by atoms with E-state index in [1.54, 1.807) is 6.07 Å². The summed E-state index contributed by atoms with van der Waals surface area (Å²) in [4.78, 5) is 10.8. The van der Waals surface area contributed by atoms with Crippen LogP contribution >= 0.6 is 11.6 Å². The Morgan fingerprint density at radius 3 is 2.95 bits per heavy atom. The number of rotatable bonds is 2. The van der Waals surface area contributed by atoms with Gasteiger partial charge in [0.25, 0.3) is 0 Å². The van der Waals surface area contributed by atoms with Crippen molar-refractivity contribution in [1.82, 2.24) is 10.2 Å². The maximum Gasteiger partial charge on any atom is 0.353 e. The summed E-state index contributed by atoms with van der Waals surface area (Å²) in [5.41, 5.74) is 1.80. The molecule has 0 unspecified atom stereocenters. The van der Waals surface area contributed by atoms with Crippen LogP contribution in [0.4, 0.5) is 0 Å². The van der Waals surface area contributed by atoms with E-state index >= 15 is 0 Å². The molecular formula is C12H9ClN2O4. The number of ether oxygens (including phenoxy) is 2. The second kappa shape index (κ2) is 4.17. The first-order valence-electron chi connectivity index (χ1n) is 5.45. The fraction of sp³-hybridized carbons (Fsp3) is 0.167. The molecule has 0 amide bonds. The SMILES string of the molecule is Cc1c(Cl)c(-c2cc(C(=O)O)[nH]n2)cc2c1OCO2. The number of halogens is 1. The van der Waals surface area contributed by atoms with Crippen molar-refractivity contribution in [3.63, 3.8) is 0 Å². The third kappa shape index (κ3) is 1.80. The van der Waals surface area contributed by atoms with Crippen LogP contribution < -0.4 is 9.47 Å². The van der Waals surface area contributed by atoms with Gasteiger partial charge in [0.15, 0.2) is 11.5 Å². The zero-order valence-corrected chi connectivity index (χ0v) is 10.6. The number of nitrogens with one attached hydrogen (secondary N) is 1. The highest BCUT2D eigenvalue weighted by Gasteiger charge is 2.23. The fourth-order valence-corrected chi connectivity index (χ4v) is 2.18. The van der Waals surface area contributed by atoms with Crippen molar-refractivity contribution in [3.05, 3.63) is 28.4 Å². The molecular weight excluding hydrogens is 272 g/mol. The summed E-state index contributed by atoms with van der Waals surface area (Å²) >= 11 is 6.26. The lowest BCUT2D eigenvalue weighted by molar-refractivity contribution is 0.0690. The predicted molar refractivity (Wildman–Crippen MR) is 66.9 cm³/mol. The topological polar surface area (TPSA) is 84.4 Å². The summed E-state index contributed by atoms with van der Waals surface area (Å²) in [7, 11) is 0. The highest BCUT2D eigenvalue weighted by molar-refractivity contribution is 6.34. The first kappa shape index (κ1) is 11.9. The average Bonchev–Trinajstić information content (AvgIpc) is 3.01. The first-order valence-corrected chi connectivity index (χ1v) is 5.83. The van der Waals surface area contributed by atoms with E-state index in [4.69, 9.17) is 26.2 Å². The monoisotopic (exact) mass is 280 g/mol. The van der Waals surface area contributed by atoms with Gasteiger partial charge in [-0.15, -0.1) is 0 Å². The number of H-pyrrole nitrogens is 1. The number of carbonyl (C=O) groups is 1. The molecule has 0 aliphatic carbocycles. The third-order valence-electron chi connectivity index (χ3n) is 2.91. The molecule has 98 valence electrons. The number of carboxylic acids is 1. The summed E-state index contributed by atoms with van der Waals surface area (Å²) in [6.45, 7) is 1.96. The molecule has 19 heavy (non-hydrogen) atoms. The Bertz CT molecular complexity index is 681. The number of carboxylic acid groups (broad SMARTS) is 1. The standard InChI is InChI=1S/C12H9ClN2O4/c1-5-10(13)6(2-9-11(5)19-4-18-9)7-3-8(12(16)17)15-14-7/h2-3H,4H2,1H3,(H,14,15)(H,16,17). The number of aromatic carboxylic acids is 1. The molecule has 0 saturated carbocycles. The van der Waals surface area contributed by atoms with Gasteiger partial charge in [0.1, 0.15) is 5.69 Å². The third-order valence-corrected chi connectivity index (χ3v) is 3.39. The van der Waals surface area contributed by atoms with Crippen LogP contribution in [0.25, 0.3) is 11.3 Å². The van der Waals surface area contributed by atoms with E-state index in [0.717, 1.165) is 5.56 Å². The molecule has 0 atom stereocenters. The van der Waals surface area contributed by atoms with E-state index in [1.165, 1.54) is 6.07 Å². The molecule has 2 N–H and O–H groups in total. The quantitative estimate of drug-likeness (QED) is 0.883. The van der Waals surface area contributed by atoms with E-state index in [2.05, 4.69) is 10.2 Å². The van der Waals surface area contributed by atoms with Crippen molar-refractivity contribution in [3.8, 4) is 22.8 Å². The lowest BCUT2D eigenvalue weighted by Gasteiger charge is -2.07. The maximum atomic E-state index is 10.8. The Kier molecular flexibility index (Phi) is 2.60. The van der Waals surface area contributed by atoms with Gasteiger partial charge in [0.2, 0.25) is 6.79 Å². The number of hydrogen-bond donors (Lipinski definition) is 2. The molecule has 2 heterocycles. The van der Waals surface area contributed by atoms with Crippen LogP contribution in [0.15, 0.2) is 12.1 Å². The molecule has 2 aromatic rings. The van der Waals surface area contributed by atoms with Gasteiger partial charge in [-0.2, -0.15) is 5.10 Å². The zero-order valence-electron chi connectivity index (χ0n) is 9.86. The average molecular weight is 281 g/mol. The second-order valence-electron chi connectivity index (χ2n) is 4.07.